The molecule has 0 amide bonds. The van der Waals surface area contributed by atoms with Gasteiger partial charge in [0.2, 0.25) is 0 Å². The lowest BCUT2D eigenvalue weighted by Crippen LogP contribution is -2.23. The van der Waals surface area contributed by atoms with E-state index in [4.69, 9.17) is 5.73 Å². The zero-order valence-electron chi connectivity index (χ0n) is 10.2. The van der Waals surface area contributed by atoms with E-state index in [2.05, 4.69) is 0 Å². The quantitative estimate of drug-likeness (QED) is 0.802. The molecule has 0 spiro atoms. The van der Waals surface area contributed by atoms with Gasteiger partial charge in [0.25, 0.3) is 0 Å². The summed E-state index contributed by atoms with van der Waals surface area (Å²) in [7, 11) is 0. The highest BCUT2D eigenvalue weighted by atomic mass is 35.5. The first-order valence-corrected chi connectivity index (χ1v) is 6.02. The first-order chi connectivity index (χ1) is 8.39. The van der Waals surface area contributed by atoms with Crippen LogP contribution in [0.1, 0.15) is 42.9 Å². The van der Waals surface area contributed by atoms with Crippen LogP contribution in [0.2, 0.25) is 0 Å². The smallest absolute Gasteiger partial charge is 0.324 e. The Hall–Kier alpha value is -0.810. The number of hydrogen-bond donors (Lipinski definition) is 1. The van der Waals surface area contributed by atoms with E-state index in [1.54, 1.807) is 0 Å². The summed E-state index contributed by atoms with van der Waals surface area (Å²) in [6.45, 7) is 0. The molecule has 2 N–H and O–H groups in total. The summed E-state index contributed by atoms with van der Waals surface area (Å²) in [5.74, 6) is -0.653. The fraction of sp³-hybridized carbons (Fsp3) is 0.538. The summed E-state index contributed by atoms with van der Waals surface area (Å²) in [6.07, 6.45) is -0.896. The first-order valence-electron chi connectivity index (χ1n) is 6.02. The van der Waals surface area contributed by atoms with Crippen molar-refractivity contribution in [3.63, 3.8) is 0 Å². The zero-order valence-corrected chi connectivity index (χ0v) is 11.0. The minimum atomic E-state index is -4.49. The van der Waals surface area contributed by atoms with E-state index < -0.39 is 23.6 Å². The highest BCUT2D eigenvalue weighted by Gasteiger charge is 2.36. The molecule has 1 aliphatic carbocycles. The van der Waals surface area contributed by atoms with Crippen molar-refractivity contribution in [3.05, 3.63) is 35.1 Å². The molecule has 2 rings (SSSR count). The van der Waals surface area contributed by atoms with Gasteiger partial charge >= 0.3 is 6.18 Å². The van der Waals surface area contributed by atoms with E-state index >= 15 is 0 Å². The van der Waals surface area contributed by atoms with Gasteiger partial charge in [-0.3, -0.25) is 0 Å². The predicted molar refractivity (Wildman–Crippen MR) is 67.5 cm³/mol. The molecule has 0 heterocycles. The lowest BCUT2D eigenvalue weighted by molar-refractivity contribution is -0.138. The highest BCUT2D eigenvalue weighted by Crippen LogP contribution is 2.40. The third kappa shape index (κ3) is 3.60. The van der Waals surface area contributed by atoms with E-state index in [9.17, 15) is 17.6 Å². The van der Waals surface area contributed by atoms with Crippen molar-refractivity contribution >= 4 is 12.4 Å². The summed E-state index contributed by atoms with van der Waals surface area (Å²) in [5, 5.41) is 0. The standard InChI is InChI=1S/C13H15F4N.ClH/c14-9-5-6-11(13(15,16)17)10(7-9)12(18)8-3-1-2-4-8;/h5-8,12H,1-4,18H2;1H/t12-;/m0./s1. The lowest BCUT2D eigenvalue weighted by atomic mass is 9.89. The van der Waals surface area contributed by atoms with Crippen LogP contribution >= 0.6 is 12.4 Å². The largest absolute Gasteiger partial charge is 0.416 e. The maximum absolute atomic E-state index is 13.2. The molecule has 1 aromatic rings. The van der Waals surface area contributed by atoms with Gasteiger partial charge in [0.05, 0.1) is 5.56 Å². The number of alkyl halides is 3. The Morgan fingerprint density at radius 2 is 1.74 bits per heavy atom. The Morgan fingerprint density at radius 3 is 2.26 bits per heavy atom. The normalized spacial score (nSPS) is 18.2. The summed E-state index contributed by atoms with van der Waals surface area (Å²) < 4.78 is 51.7. The van der Waals surface area contributed by atoms with Gasteiger partial charge in [0, 0.05) is 6.04 Å². The molecular weight excluding hydrogens is 282 g/mol. The highest BCUT2D eigenvalue weighted by molar-refractivity contribution is 5.85. The van der Waals surface area contributed by atoms with E-state index in [0.717, 1.165) is 43.9 Å². The number of benzene rings is 1. The molecular formula is C13H16ClF4N. The minimum Gasteiger partial charge on any atom is -0.324 e. The third-order valence-electron chi connectivity index (χ3n) is 3.59. The van der Waals surface area contributed by atoms with Crippen LogP contribution in [0.3, 0.4) is 0 Å². The number of nitrogens with two attached hydrogens (primary N) is 1. The summed E-state index contributed by atoms with van der Waals surface area (Å²) in [4.78, 5) is 0. The molecule has 1 fully saturated rings. The van der Waals surface area contributed by atoms with Gasteiger partial charge in [-0.15, -0.1) is 12.4 Å². The van der Waals surface area contributed by atoms with Crippen LogP contribution in [0.15, 0.2) is 18.2 Å². The number of halogens is 5. The maximum atomic E-state index is 13.2. The number of rotatable bonds is 2. The molecule has 108 valence electrons. The van der Waals surface area contributed by atoms with Crippen molar-refractivity contribution in [1.29, 1.82) is 0 Å². The Bertz CT molecular complexity index is 427. The molecule has 6 heteroatoms. The van der Waals surface area contributed by atoms with Gasteiger partial charge < -0.3 is 5.73 Å². The predicted octanol–water partition coefficient (Wildman–Crippen LogP) is 4.46. The molecule has 0 saturated heterocycles. The van der Waals surface area contributed by atoms with Crippen molar-refractivity contribution in [2.75, 3.05) is 0 Å². The monoisotopic (exact) mass is 297 g/mol. The van der Waals surface area contributed by atoms with Crippen molar-refractivity contribution in [3.8, 4) is 0 Å². The minimum absolute atomic E-state index is 0. The zero-order chi connectivity index (χ0) is 13.3. The van der Waals surface area contributed by atoms with E-state index in [1.165, 1.54) is 0 Å². The van der Waals surface area contributed by atoms with Crippen LogP contribution < -0.4 is 5.73 Å². The third-order valence-corrected chi connectivity index (χ3v) is 3.59. The van der Waals surface area contributed by atoms with Gasteiger partial charge in [-0.25, -0.2) is 4.39 Å². The van der Waals surface area contributed by atoms with Gasteiger partial charge in [-0.2, -0.15) is 13.2 Å². The average molecular weight is 298 g/mol. The van der Waals surface area contributed by atoms with E-state index in [-0.39, 0.29) is 23.9 Å². The second kappa shape index (κ2) is 6.09. The first kappa shape index (κ1) is 16.2. The van der Waals surface area contributed by atoms with E-state index in [1.807, 2.05) is 0 Å². The fourth-order valence-electron chi connectivity index (χ4n) is 2.64. The van der Waals surface area contributed by atoms with Crippen molar-refractivity contribution in [1.82, 2.24) is 0 Å². The second-order valence-corrected chi connectivity index (χ2v) is 4.80. The second-order valence-electron chi connectivity index (χ2n) is 4.80. The molecule has 1 saturated carbocycles. The summed E-state index contributed by atoms with van der Waals surface area (Å²) in [5.41, 5.74) is 4.97. The Labute approximate surface area is 115 Å². The van der Waals surface area contributed by atoms with Crippen LogP contribution in [0.25, 0.3) is 0 Å². The van der Waals surface area contributed by atoms with Crippen molar-refractivity contribution in [2.45, 2.75) is 37.9 Å². The average Bonchev–Trinajstić information content (AvgIpc) is 2.79. The fourth-order valence-corrected chi connectivity index (χ4v) is 2.64. The summed E-state index contributed by atoms with van der Waals surface area (Å²) >= 11 is 0. The molecule has 0 aromatic heterocycles. The van der Waals surface area contributed by atoms with Crippen LogP contribution in [-0.2, 0) is 6.18 Å². The van der Waals surface area contributed by atoms with Gasteiger partial charge in [0.15, 0.2) is 0 Å². The molecule has 1 aromatic carbocycles. The van der Waals surface area contributed by atoms with Crippen LogP contribution in [-0.4, -0.2) is 0 Å². The van der Waals surface area contributed by atoms with Crippen LogP contribution in [0.4, 0.5) is 17.6 Å². The van der Waals surface area contributed by atoms with Gasteiger partial charge in [0.1, 0.15) is 5.82 Å². The van der Waals surface area contributed by atoms with Gasteiger partial charge in [-0.1, -0.05) is 12.8 Å². The molecule has 0 unspecified atom stereocenters. The van der Waals surface area contributed by atoms with E-state index in [0.29, 0.717) is 0 Å². The van der Waals surface area contributed by atoms with Gasteiger partial charge in [-0.05, 0) is 42.5 Å². The molecule has 1 aliphatic rings. The number of hydrogen-bond acceptors (Lipinski definition) is 1. The Kier molecular flexibility index (Phi) is 5.21. The van der Waals surface area contributed by atoms with Crippen LogP contribution in [0.5, 0.6) is 0 Å². The lowest BCUT2D eigenvalue weighted by Gasteiger charge is -2.23. The molecule has 0 radical (unpaired) electrons. The van der Waals surface area contributed by atoms with Crippen molar-refractivity contribution < 1.29 is 17.6 Å². The molecule has 1 nitrogen and oxygen atoms in total. The molecule has 0 aliphatic heterocycles. The molecule has 0 bridgehead atoms. The summed E-state index contributed by atoms with van der Waals surface area (Å²) in [6, 6.07) is 1.79. The molecule has 19 heavy (non-hydrogen) atoms. The maximum Gasteiger partial charge on any atom is 0.416 e. The topological polar surface area (TPSA) is 26.0 Å². The molecule has 1 atom stereocenters. The Morgan fingerprint density at radius 1 is 1.16 bits per heavy atom. The Balaban J connectivity index is 0.00000180. The SMILES string of the molecule is Cl.N[C@H](c1cc(F)ccc1C(F)(F)F)C1CCCC1. The van der Waals surface area contributed by atoms with Crippen LogP contribution in [0, 0.1) is 11.7 Å². The van der Waals surface area contributed by atoms with Crippen molar-refractivity contribution in [2.24, 2.45) is 11.7 Å².